The Morgan fingerprint density at radius 1 is 1.38 bits per heavy atom. The number of nitrogens with zero attached hydrogens (tertiary/aromatic N) is 3. The number of hydrogen-bond acceptors (Lipinski definition) is 4. The van der Waals surface area contributed by atoms with Gasteiger partial charge in [-0.15, -0.1) is 10.2 Å². The Morgan fingerprint density at radius 2 is 2.14 bits per heavy atom. The van der Waals surface area contributed by atoms with E-state index in [0.717, 1.165) is 18.7 Å². The first-order chi connectivity index (χ1) is 10.1. The molecule has 0 bridgehead atoms. The summed E-state index contributed by atoms with van der Waals surface area (Å²) in [6.07, 6.45) is 2.22. The van der Waals surface area contributed by atoms with Crippen molar-refractivity contribution in [2.75, 3.05) is 0 Å². The summed E-state index contributed by atoms with van der Waals surface area (Å²) in [5, 5.41) is 8.08. The molecule has 1 saturated carbocycles. The molecule has 5 nitrogen and oxygen atoms in total. The summed E-state index contributed by atoms with van der Waals surface area (Å²) in [6, 6.07) is 4.60. The van der Waals surface area contributed by atoms with E-state index in [1.54, 1.807) is 6.92 Å². The molecule has 21 heavy (non-hydrogen) atoms. The van der Waals surface area contributed by atoms with Crippen LogP contribution in [0.3, 0.4) is 0 Å². The fraction of sp³-hybridized carbons (Fsp3) is 0.400. The Kier molecular flexibility index (Phi) is 3.45. The third kappa shape index (κ3) is 2.79. The highest BCUT2D eigenvalue weighted by atomic mass is 19.1. The van der Waals surface area contributed by atoms with Crippen molar-refractivity contribution in [1.82, 2.24) is 14.8 Å². The number of benzene rings is 1. The van der Waals surface area contributed by atoms with Crippen LogP contribution < -0.4 is 0 Å². The number of ether oxygens (including phenoxy) is 1. The van der Waals surface area contributed by atoms with E-state index >= 15 is 0 Å². The summed E-state index contributed by atoms with van der Waals surface area (Å²) in [5.74, 6) is 0.667. The minimum atomic E-state index is -0.485. The highest BCUT2D eigenvalue weighted by Crippen LogP contribution is 2.36. The molecule has 1 fully saturated rings. The van der Waals surface area contributed by atoms with Crippen LogP contribution in [0.25, 0.3) is 0 Å². The molecule has 0 atom stereocenters. The summed E-state index contributed by atoms with van der Waals surface area (Å²) < 4.78 is 20.5. The van der Waals surface area contributed by atoms with E-state index in [0.29, 0.717) is 23.0 Å². The van der Waals surface area contributed by atoms with Crippen LogP contribution in [0.15, 0.2) is 18.2 Å². The van der Waals surface area contributed by atoms with Gasteiger partial charge in [-0.1, -0.05) is 0 Å². The van der Waals surface area contributed by atoms with E-state index < -0.39 is 5.97 Å². The van der Waals surface area contributed by atoms with Crippen LogP contribution in [-0.2, 0) is 11.3 Å². The Balaban J connectivity index is 1.70. The molecule has 110 valence electrons. The standard InChI is InChI=1S/C15H16FN3O2/c1-9-7-11(3-6-13(9)16)15(20)21-8-14-18-17-10(2)19(14)12-4-5-12/h3,6-7,12H,4-5,8H2,1-2H3. The predicted molar refractivity (Wildman–Crippen MR) is 73.3 cm³/mol. The van der Waals surface area contributed by atoms with Gasteiger partial charge >= 0.3 is 5.97 Å². The Morgan fingerprint density at radius 3 is 2.81 bits per heavy atom. The van der Waals surface area contributed by atoms with Crippen molar-refractivity contribution < 1.29 is 13.9 Å². The van der Waals surface area contributed by atoms with Crippen molar-refractivity contribution in [3.05, 3.63) is 46.8 Å². The second-order valence-corrected chi connectivity index (χ2v) is 5.30. The van der Waals surface area contributed by atoms with E-state index in [-0.39, 0.29) is 12.4 Å². The fourth-order valence-corrected chi connectivity index (χ4v) is 2.30. The number of aryl methyl sites for hydroxylation is 2. The molecule has 0 N–H and O–H groups in total. The van der Waals surface area contributed by atoms with Gasteiger partial charge in [0.1, 0.15) is 11.6 Å². The molecule has 0 spiro atoms. The number of rotatable bonds is 4. The van der Waals surface area contributed by atoms with Crippen LogP contribution in [0.4, 0.5) is 4.39 Å². The van der Waals surface area contributed by atoms with E-state index in [4.69, 9.17) is 4.74 Å². The minimum Gasteiger partial charge on any atom is -0.454 e. The summed E-state index contributed by atoms with van der Waals surface area (Å²) in [5.41, 5.74) is 0.754. The average molecular weight is 289 g/mol. The lowest BCUT2D eigenvalue weighted by molar-refractivity contribution is 0.0457. The molecule has 0 amide bonds. The fourth-order valence-electron chi connectivity index (χ4n) is 2.30. The monoisotopic (exact) mass is 289 g/mol. The van der Waals surface area contributed by atoms with Gasteiger partial charge in [-0.3, -0.25) is 0 Å². The van der Waals surface area contributed by atoms with E-state index in [2.05, 4.69) is 10.2 Å². The largest absolute Gasteiger partial charge is 0.454 e. The van der Waals surface area contributed by atoms with Crippen LogP contribution >= 0.6 is 0 Å². The summed E-state index contributed by atoms with van der Waals surface area (Å²) in [4.78, 5) is 12.0. The zero-order valence-electron chi connectivity index (χ0n) is 12.0. The van der Waals surface area contributed by atoms with Crippen LogP contribution in [0.5, 0.6) is 0 Å². The first-order valence-electron chi connectivity index (χ1n) is 6.90. The molecule has 0 saturated heterocycles. The lowest BCUT2D eigenvalue weighted by atomic mass is 10.1. The lowest BCUT2D eigenvalue weighted by Crippen LogP contribution is -2.10. The van der Waals surface area contributed by atoms with E-state index in [9.17, 15) is 9.18 Å². The second-order valence-electron chi connectivity index (χ2n) is 5.30. The predicted octanol–water partition coefficient (Wildman–Crippen LogP) is 2.73. The molecule has 2 aromatic rings. The molecule has 0 radical (unpaired) electrons. The zero-order chi connectivity index (χ0) is 15.0. The van der Waals surface area contributed by atoms with Crippen LogP contribution in [-0.4, -0.2) is 20.7 Å². The maximum absolute atomic E-state index is 13.2. The number of esters is 1. The Bertz CT molecular complexity index is 692. The van der Waals surface area contributed by atoms with Gasteiger partial charge in [0.25, 0.3) is 0 Å². The van der Waals surface area contributed by atoms with Gasteiger partial charge in [0, 0.05) is 6.04 Å². The topological polar surface area (TPSA) is 57.0 Å². The highest BCUT2D eigenvalue weighted by Gasteiger charge is 2.28. The maximum atomic E-state index is 13.2. The third-order valence-electron chi connectivity index (χ3n) is 3.57. The van der Waals surface area contributed by atoms with Crippen molar-refractivity contribution in [2.24, 2.45) is 0 Å². The van der Waals surface area contributed by atoms with Crippen molar-refractivity contribution in [2.45, 2.75) is 39.3 Å². The Hall–Kier alpha value is -2.24. The molecular weight excluding hydrogens is 273 g/mol. The van der Waals surface area contributed by atoms with Gasteiger partial charge in [0.05, 0.1) is 5.56 Å². The molecule has 1 aliphatic rings. The van der Waals surface area contributed by atoms with Gasteiger partial charge in [0.15, 0.2) is 12.4 Å². The molecule has 0 aliphatic heterocycles. The molecule has 3 rings (SSSR count). The number of carbonyl (C=O) groups is 1. The first kappa shape index (κ1) is 13.7. The molecule has 0 unspecified atom stereocenters. The van der Waals surface area contributed by atoms with Crippen molar-refractivity contribution in [1.29, 1.82) is 0 Å². The zero-order valence-corrected chi connectivity index (χ0v) is 12.0. The quantitative estimate of drug-likeness (QED) is 0.812. The number of halogens is 1. The lowest BCUT2D eigenvalue weighted by Gasteiger charge is -2.08. The van der Waals surface area contributed by atoms with Crippen molar-refractivity contribution >= 4 is 5.97 Å². The van der Waals surface area contributed by atoms with Gasteiger partial charge < -0.3 is 9.30 Å². The minimum absolute atomic E-state index is 0.0760. The van der Waals surface area contributed by atoms with Gasteiger partial charge in [-0.05, 0) is 50.5 Å². The molecule has 1 aliphatic carbocycles. The molecule has 6 heteroatoms. The normalized spacial score (nSPS) is 14.2. The molecule has 1 aromatic carbocycles. The molecular formula is C15H16FN3O2. The average Bonchev–Trinajstić information content (AvgIpc) is 3.23. The van der Waals surface area contributed by atoms with Crippen LogP contribution in [0.2, 0.25) is 0 Å². The van der Waals surface area contributed by atoms with Crippen molar-refractivity contribution in [3.63, 3.8) is 0 Å². The van der Waals surface area contributed by atoms with E-state index in [1.165, 1.54) is 18.2 Å². The first-order valence-corrected chi connectivity index (χ1v) is 6.90. The summed E-state index contributed by atoms with van der Waals surface area (Å²) in [7, 11) is 0. The summed E-state index contributed by atoms with van der Waals surface area (Å²) in [6.45, 7) is 3.58. The molecule has 1 aromatic heterocycles. The number of carbonyl (C=O) groups excluding carboxylic acids is 1. The smallest absolute Gasteiger partial charge is 0.338 e. The van der Waals surface area contributed by atoms with Crippen LogP contribution in [0.1, 0.15) is 46.5 Å². The van der Waals surface area contributed by atoms with Gasteiger partial charge in [-0.2, -0.15) is 0 Å². The highest BCUT2D eigenvalue weighted by molar-refractivity contribution is 5.89. The number of aromatic nitrogens is 3. The van der Waals surface area contributed by atoms with E-state index in [1.807, 2.05) is 11.5 Å². The summed E-state index contributed by atoms with van der Waals surface area (Å²) >= 11 is 0. The van der Waals surface area contributed by atoms with Gasteiger partial charge in [0.2, 0.25) is 0 Å². The van der Waals surface area contributed by atoms with Crippen LogP contribution in [0, 0.1) is 19.7 Å². The van der Waals surface area contributed by atoms with Gasteiger partial charge in [-0.25, -0.2) is 9.18 Å². The maximum Gasteiger partial charge on any atom is 0.338 e. The Labute approximate surface area is 121 Å². The SMILES string of the molecule is Cc1cc(C(=O)OCc2nnc(C)n2C2CC2)ccc1F. The third-order valence-corrected chi connectivity index (χ3v) is 3.57. The second kappa shape index (κ2) is 5.27. The number of hydrogen-bond donors (Lipinski definition) is 0. The van der Waals surface area contributed by atoms with Crippen molar-refractivity contribution in [3.8, 4) is 0 Å². The molecule has 1 heterocycles.